The molecule has 37 heavy (non-hydrogen) atoms. The zero-order valence-corrected chi connectivity index (χ0v) is 20.2. The van der Waals surface area contributed by atoms with Gasteiger partial charge in [-0.2, -0.15) is 0 Å². The molecule has 0 radical (unpaired) electrons. The molecule has 2 amide bonds. The lowest BCUT2D eigenvalue weighted by Gasteiger charge is -2.13. The number of Topliss-reactive ketones (excluding diaryl/α,β-unsaturated/α-hetero) is 1. The molecule has 4 rings (SSSR count). The minimum absolute atomic E-state index is 0.0973. The third-order valence-corrected chi connectivity index (χ3v) is 5.97. The summed E-state index contributed by atoms with van der Waals surface area (Å²) in [4.78, 5) is 49.3. The van der Waals surface area contributed by atoms with Crippen LogP contribution in [0.5, 0.6) is 5.75 Å². The van der Waals surface area contributed by atoms with Crippen LogP contribution in [0.4, 0.5) is 0 Å². The maximum Gasteiger partial charge on any atom is 0.335 e. The smallest absolute Gasteiger partial charge is 0.335 e. The van der Waals surface area contributed by atoms with Crippen molar-refractivity contribution in [1.82, 2.24) is 4.90 Å². The highest BCUT2D eigenvalue weighted by atomic mass is 16.5. The lowest BCUT2D eigenvalue weighted by atomic mass is 10.1. The molecular weight excluding hydrogens is 474 g/mol. The van der Waals surface area contributed by atoms with Crippen molar-refractivity contribution in [2.45, 2.75) is 25.9 Å². The van der Waals surface area contributed by atoms with Gasteiger partial charge in [-0.15, -0.1) is 0 Å². The van der Waals surface area contributed by atoms with E-state index in [9.17, 15) is 19.2 Å². The number of carbonyl (C=O) groups is 4. The highest BCUT2D eigenvalue weighted by Crippen LogP contribution is 2.22. The van der Waals surface area contributed by atoms with Crippen LogP contribution in [-0.4, -0.2) is 53.3 Å². The van der Waals surface area contributed by atoms with Crippen molar-refractivity contribution in [3.05, 3.63) is 101 Å². The van der Waals surface area contributed by atoms with Crippen molar-refractivity contribution in [3.8, 4) is 5.75 Å². The first-order valence-corrected chi connectivity index (χ1v) is 12.0. The zero-order chi connectivity index (χ0) is 26.2. The minimum Gasteiger partial charge on any atom is -0.486 e. The van der Waals surface area contributed by atoms with E-state index in [2.05, 4.69) is 0 Å². The molecule has 3 aromatic carbocycles. The predicted molar refractivity (Wildman–Crippen MR) is 135 cm³/mol. The number of benzene rings is 3. The number of imide groups is 1. The molecular formula is C29H27NO7. The van der Waals surface area contributed by atoms with Gasteiger partial charge in [0.25, 0.3) is 11.8 Å². The summed E-state index contributed by atoms with van der Waals surface area (Å²) < 4.78 is 11.3. The van der Waals surface area contributed by atoms with E-state index in [-0.39, 0.29) is 36.2 Å². The van der Waals surface area contributed by atoms with Crippen LogP contribution < -0.4 is 4.74 Å². The highest BCUT2D eigenvalue weighted by molar-refractivity contribution is 6.21. The number of carbonyl (C=O) groups excluding carboxylic acids is 3. The summed E-state index contributed by atoms with van der Waals surface area (Å²) in [5.41, 5.74) is 2.65. The van der Waals surface area contributed by atoms with Crippen molar-refractivity contribution in [1.29, 1.82) is 0 Å². The first-order valence-electron chi connectivity index (χ1n) is 12.0. The fourth-order valence-electron chi connectivity index (χ4n) is 4.05. The standard InChI is InChI=1S/C29H27NO7/c31-23(17-21-6-5-7-22(16-21)29(34)35)19-37-24-12-10-20(11-13-24)18-36-15-4-3-14-30-27(32)25-8-1-2-9-26(25)28(30)33/h1-2,5-13,16H,3-4,14-15,17-19H2,(H,34,35). The van der Waals surface area contributed by atoms with Crippen LogP contribution in [0.25, 0.3) is 0 Å². The molecule has 8 heteroatoms. The fourth-order valence-corrected chi connectivity index (χ4v) is 4.05. The monoisotopic (exact) mass is 501 g/mol. The average Bonchev–Trinajstić information content (AvgIpc) is 3.15. The van der Waals surface area contributed by atoms with Gasteiger partial charge < -0.3 is 14.6 Å². The Labute approximate surface area is 214 Å². The maximum absolute atomic E-state index is 12.4. The molecule has 0 spiro atoms. The van der Waals surface area contributed by atoms with Gasteiger partial charge in [-0.3, -0.25) is 19.3 Å². The Balaban J connectivity index is 1.12. The Morgan fingerprint density at radius 2 is 1.51 bits per heavy atom. The minimum atomic E-state index is -1.03. The molecule has 0 saturated heterocycles. The van der Waals surface area contributed by atoms with E-state index in [0.717, 1.165) is 5.56 Å². The largest absolute Gasteiger partial charge is 0.486 e. The number of aromatic carboxylic acids is 1. The van der Waals surface area contributed by atoms with E-state index in [0.29, 0.717) is 55.0 Å². The summed E-state index contributed by atoms with van der Waals surface area (Å²) >= 11 is 0. The average molecular weight is 502 g/mol. The number of rotatable bonds is 13. The zero-order valence-electron chi connectivity index (χ0n) is 20.2. The van der Waals surface area contributed by atoms with E-state index in [4.69, 9.17) is 14.6 Å². The van der Waals surface area contributed by atoms with Crippen LogP contribution in [-0.2, 0) is 22.6 Å². The number of hydrogen-bond acceptors (Lipinski definition) is 6. The van der Waals surface area contributed by atoms with Gasteiger partial charge in [0.05, 0.1) is 23.3 Å². The number of amides is 2. The third kappa shape index (κ3) is 6.68. The third-order valence-electron chi connectivity index (χ3n) is 5.97. The van der Waals surface area contributed by atoms with Crippen molar-refractivity contribution < 1.29 is 33.8 Å². The molecule has 0 atom stereocenters. The van der Waals surface area contributed by atoms with Gasteiger partial charge in [-0.25, -0.2) is 4.79 Å². The lowest BCUT2D eigenvalue weighted by Crippen LogP contribution is -2.30. The normalized spacial score (nSPS) is 12.5. The molecule has 0 fully saturated rings. The molecule has 0 bridgehead atoms. The second kappa shape index (κ2) is 12.1. The first-order chi connectivity index (χ1) is 17.9. The van der Waals surface area contributed by atoms with E-state index in [1.807, 2.05) is 12.1 Å². The summed E-state index contributed by atoms with van der Waals surface area (Å²) in [6, 6.07) is 20.4. The van der Waals surface area contributed by atoms with Crippen LogP contribution in [0, 0.1) is 0 Å². The molecule has 8 nitrogen and oxygen atoms in total. The Kier molecular flexibility index (Phi) is 8.43. The topological polar surface area (TPSA) is 110 Å². The molecule has 0 unspecified atom stereocenters. The molecule has 0 aromatic heterocycles. The second-order valence-electron chi connectivity index (χ2n) is 8.72. The number of carboxylic acid groups (broad SMARTS) is 1. The summed E-state index contributed by atoms with van der Waals surface area (Å²) in [6.45, 7) is 1.16. The van der Waals surface area contributed by atoms with E-state index in [1.165, 1.54) is 17.0 Å². The number of unbranched alkanes of at least 4 members (excludes halogenated alkanes) is 1. The molecule has 1 aliphatic rings. The molecule has 190 valence electrons. The van der Waals surface area contributed by atoms with Crippen molar-refractivity contribution in [2.24, 2.45) is 0 Å². The number of carboxylic acids is 1. The maximum atomic E-state index is 12.4. The van der Waals surface area contributed by atoms with E-state index in [1.54, 1.807) is 48.5 Å². The number of fused-ring (bicyclic) bond motifs is 1. The molecule has 1 N–H and O–H groups in total. The molecule has 0 aliphatic carbocycles. The van der Waals surface area contributed by atoms with Crippen LogP contribution in [0.15, 0.2) is 72.8 Å². The van der Waals surface area contributed by atoms with Crippen LogP contribution in [0.3, 0.4) is 0 Å². The molecule has 1 heterocycles. The van der Waals surface area contributed by atoms with Crippen molar-refractivity contribution in [3.63, 3.8) is 0 Å². The van der Waals surface area contributed by atoms with E-state index < -0.39 is 5.97 Å². The Morgan fingerprint density at radius 3 is 2.19 bits per heavy atom. The predicted octanol–water partition coefficient (Wildman–Crippen LogP) is 4.17. The van der Waals surface area contributed by atoms with Crippen LogP contribution in [0.2, 0.25) is 0 Å². The van der Waals surface area contributed by atoms with Crippen molar-refractivity contribution >= 4 is 23.6 Å². The summed E-state index contributed by atoms with van der Waals surface area (Å²) in [5, 5.41) is 9.05. The van der Waals surface area contributed by atoms with Crippen LogP contribution in [0.1, 0.15) is 55.0 Å². The van der Waals surface area contributed by atoms with Gasteiger partial charge in [-0.05, 0) is 60.4 Å². The van der Waals surface area contributed by atoms with E-state index >= 15 is 0 Å². The molecule has 1 aliphatic heterocycles. The Bertz CT molecular complexity index is 1260. The van der Waals surface area contributed by atoms with Gasteiger partial charge in [0, 0.05) is 19.6 Å². The Morgan fingerprint density at radius 1 is 0.811 bits per heavy atom. The second-order valence-corrected chi connectivity index (χ2v) is 8.72. The van der Waals surface area contributed by atoms with Gasteiger partial charge in [0.1, 0.15) is 12.4 Å². The lowest BCUT2D eigenvalue weighted by molar-refractivity contribution is -0.120. The van der Waals surface area contributed by atoms with Gasteiger partial charge in [0.2, 0.25) is 0 Å². The summed E-state index contributed by atoms with van der Waals surface area (Å²) in [6.07, 6.45) is 1.47. The van der Waals surface area contributed by atoms with Crippen molar-refractivity contribution in [2.75, 3.05) is 19.8 Å². The molecule has 3 aromatic rings. The summed E-state index contributed by atoms with van der Waals surface area (Å²) in [7, 11) is 0. The van der Waals surface area contributed by atoms with Gasteiger partial charge in [-0.1, -0.05) is 36.4 Å². The highest BCUT2D eigenvalue weighted by Gasteiger charge is 2.34. The number of hydrogen-bond donors (Lipinski definition) is 1. The quantitative estimate of drug-likeness (QED) is 0.276. The number of ether oxygens (including phenoxy) is 2. The fraction of sp³-hybridized carbons (Fsp3) is 0.241. The first kappa shape index (κ1) is 25.8. The molecule has 0 saturated carbocycles. The van der Waals surface area contributed by atoms with Gasteiger partial charge >= 0.3 is 5.97 Å². The van der Waals surface area contributed by atoms with Crippen LogP contribution >= 0.6 is 0 Å². The van der Waals surface area contributed by atoms with Gasteiger partial charge in [0.15, 0.2) is 5.78 Å². The SMILES string of the molecule is O=C(COc1ccc(COCCCCN2C(=O)c3ccccc3C2=O)cc1)Cc1cccc(C(=O)O)c1. The number of ketones is 1. The summed E-state index contributed by atoms with van der Waals surface area (Å²) in [5.74, 6) is -1.11. The number of nitrogens with zero attached hydrogens (tertiary/aromatic N) is 1. The Hall–Kier alpha value is -4.30.